The van der Waals surface area contributed by atoms with E-state index in [0.717, 1.165) is 5.56 Å². The van der Waals surface area contributed by atoms with Crippen LogP contribution in [0.5, 0.6) is 0 Å². The average Bonchev–Trinajstić information content (AvgIpc) is 2.93. The lowest BCUT2D eigenvalue weighted by atomic mass is 10.1. The van der Waals surface area contributed by atoms with E-state index in [1.54, 1.807) is 0 Å². The maximum absolute atomic E-state index is 9.10. The maximum atomic E-state index is 9.10. The van der Waals surface area contributed by atoms with Crippen molar-refractivity contribution in [3.05, 3.63) is 46.6 Å². The molecule has 7 heteroatoms. The summed E-state index contributed by atoms with van der Waals surface area (Å²) < 4.78 is 11.8. The Labute approximate surface area is 149 Å². The van der Waals surface area contributed by atoms with Gasteiger partial charge in [0.2, 0.25) is 5.89 Å². The highest BCUT2D eigenvalue weighted by atomic mass is 35.5. The summed E-state index contributed by atoms with van der Waals surface area (Å²) in [5, 5.41) is 13.6. The van der Waals surface area contributed by atoms with Gasteiger partial charge < -0.3 is 14.1 Å². The van der Waals surface area contributed by atoms with E-state index in [1.807, 2.05) is 24.3 Å². The third-order valence-electron chi connectivity index (χ3n) is 4.50. The van der Waals surface area contributed by atoms with Crippen LogP contribution in [0.4, 0.5) is 0 Å². The van der Waals surface area contributed by atoms with E-state index in [9.17, 15) is 0 Å². The molecule has 132 valence electrons. The van der Waals surface area contributed by atoms with Crippen LogP contribution in [0.1, 0.15) is 44.2 Å². The second kappa shape index (κ2) is 7.35. The van der Waals surface area contributed by atoms with Crippen LogP contribution in [-0.2, 0) is 17.5 Å². The van der Waals surface area contributed by atoms with Crippen LogP contribution in [0.15, 0.2) is 28.8 Å². The molecule has 1 aromatic carbocycles. The molecule has 2 rings (SSSR count). The molecule has 2 aromatic rings. The molecular formula is C17H25ClN2O3Si. The number of aromatic nitrogens is 2. The van der Waals surface area contributed by atoms with Crippen molar-refractivity contribution in [2.75, 3.05) is 0 Å². The number of nitrogens with zero attached hydrogens (tertiary/aromatic N) is 2. The Kier molecular flexibility index (Phi) is 5.85. The molecule has 24 heavy (non-hydrogen) atoms. The largest absolute Gasteiger partial charge is 0.409 e. The quantitative estimate of drug-likeness (QED) is 0.759. The fourth-order valence-electron chi connectivity index (χ4n) is 2.03. The number of hydrogen-bond acceptors (Lipinski definition) is 5. The van der Waals surface area contributed by atoms with E-state index in [1.165, 1.54) is 0 Å². The third-order valence-corrected chi connectivity index (χ3v) is 9.23. The van der Waals surface area contributed by atoms with E-state index in [2.05, 4.69) is 44.0 Å². The molecule has 1 N–H and O–H groups in total. The number of benzene rings is 1. The Morgan fingerprint density at radius 2 is 1.88 bits per heavy atom. The molecule has 0 amide bonds. The van der Waals surface area contributed by atoms with Gasteiger partial charge in [-0.25, -0.2) is 0 Å². The molecule has 0 aliphatic carbocycles. The minimum Gasteiger partial charge on any atom is -0.409 e. The Balaban J connectivity index is 2.28. The van der Waals surface area contributed by atoms with Crippen LogP contribution in [0.2, 0.25) is 23.2 Å². The molecule has 0 bridgehead atoms. The van der Waals surface area contributed by atoms with Gasteiger partial charge in [-0.15, -0.1) is 0 Å². The Morgan fingerprint density at radius 1 is 1.25 bits per heavy atom. The molecule has 0 radical (unpaired) electrons. The third kappa shape index (κ3) is 4.66. The first-order valence-electron chi connectivity index (χ1n) is 7.98. The van der Waals surface area contributed by atoms with Crippen molar-refractivity contribution in [1.82, 2.24) is 10.1 Å². The second-order valence-electron chi connectivity index (χ2n) is 7.38. The summed E-state index contributed by atoms with van der Waals surface area (Å²) in [5.74, 6) is 0.741. The number of aliphatic hydroxyl groups is 1. The highest BCUT2D eigenvalue weighted by Crippen LogP contribution is 2.40. The van der Waals surface area contributed by atoms with E-state index in [0.29, 0.717) is 17.3 Å². The normalized spacial score (nSPS) is 14.0. The standard InChI is InChI=1S/C17H25ClN2O3Si/c1-17(2,3)24(4,5)23-14(12-6-8-13(18)9-7-12)10-16-19-15(11-21)20-22-16/h6-9,14,21H,10-11H2,1-5H3/t14-/m0/s1. The molecule has 1 atom stereocenters. The lowest BCUT2D eigenvalue weighted by Gasteiger charge is -2.39. The highest BCUT2D eigenvalue weighted by molar-refractivity contribution is 6.74. The molecule has 0 aliphatic heterocycles. The van der Waals surface area contributed by atoms with Crippen molar-refractivity contribution in [3.8, 4) is 0 Å². The van der Waals surface area contributed by atoms with Gasteiger partial charge in [-0.3, -0.25) is 0 Å². The second-order valence-corrected chi connectivity index (χ2v) is 12.6. The fraction of sp³-hybridized carbons (Fsp3) is 0.529. The number of hydrogen-bond donors (Lipinski definition) is 1. The number of aliphatic hydroxyl groups excluding tert-OH is 1. The summed E-state index contributed by atoms with van der Waals surface area (Å²) >= 11 is 6.00. The van der Waals surface area contributed by atoms with Crippen LogP contribution in [0.3, 0.4) is 0 Å². The number of halogens is 1. The van der Waals surface area contributed by atoms with Crippen molar-refractivity contribution in [2.45, 2.75) is 58.0 Å². The van der Waals surface area contributed by atoms with Crippen molar-refractivity contribution in [3.63, 3.8) is 0 Å². The van der Waals surface area contributed by atoms with Gasteiger partial charge in [-0.1, -0.05) is 49.7 Å². The van der Waals surface area contributed by atoms with E-state index >= 15 is 0 Å². The van der Waals surface area contributed by atoms with Crippen LogP contribution >= 0.6 is 11.6 Å². The minimum absolute atomic E-state index is 0.0861. The van der Waals surface area contributed by atoms with E-state index in [4.69, 9.17) is 25.7 Å². The predicted molar refractivity (Wildman–Crippen MR) is 96.4 cm³/mol. The van der Waals surface area contributed by atoms with Gasteiger partial charge in [-0.2, -0.15) is 4.98 Å². The topological polar surface area (TPSA) is 68.4 Å². The lowest BCUT2D eigenvalue weighted by Crippen LogP contribution is -2.42. The maximum Gasteiger partial charge on any atom is 0.229 e. The first-order valence-corrected chi connectivity index (χ1v) is 11.3. The fourth-order valence-corrected chi connectivity index (χ4v) is 3.44. The minimum atomic E-state index is -1.99. The Bertz CT molecular complexity index is 665. The van der Waals surface area contributed by atoms with Crippen LogP contribution in [0, 0.1) is 0 Å². The van der Waals surface area contributed by atoms with Gasteiger partial charge >= 0.3 is 0 Å². The van der Waals surface area contributed by atoms with Crippen molar-refractivity contribution in [1.29, 1.82) is 0 Å². The average molecular weight is 369 g/mol. The SMILES string of the molecule is CC(C)(C)[Si](C)(C)O[C@@H](Cc1nc(CO)no1)c1ccc(Cl)cc1. The van der Waals surface area contributed by atoms with Crippen LogP contribution in [-0.4, -0.2) is 23.6 Å². The summed E-state index contributed by atoms with van der Waals surface area (Å²) in [4.78, 5) is 4.19. The van der Waals surface area contributed by atoms with Gasteiger partial charge in [-0.05, 0) is 35.8 Å². The van der Waals surface area contributed by atoms with Gasteiger partial charge in [0.05, 0.1) is 12.5 Å². The summed E-state index contributed by atoms with van der Waals surface area (Å²) in [6, 6.07) is 7.63. The van der Waals surface area contributed by atoms with Crippen LogP contribution in [0.25, 0.3) is 0 Å². The zero-order chi connectivity index (χ0) is 18.0. The monoisotopic (exact) mass is 368 g/mol. The molecule has 0 saturated carbocycles. The summed E-state index contributed by atoms with van der Waals surface area (Å²) in [7, 11) is -1.99. The molecule has 5 nitrogen and oxygen atoms in total. The van der Waals surface area contributed by atoms with Crippen molar-refractivity contribution >= 4 is 19.9 Å². The van der Waals surface area contributed by atoms with Crippen molar-refractivity contribution < 1.29 is 14.1 Å². The Hall–Kier alpha value is -1.21. The zero-order valence-corrected chi connectivity index (χ0v) is 16.6. The number of rotatable bonds is 6. The summed E-state index contributed by atoms with van der Waals surface area (Å²) in [6.45, 7) is 10.8. The zero-order valence-electron chi connectivity index (χ0n) is 14.8. The molecule has 0 aliphatic rings. The summed E-state index contributed by atoms with van der Waals surface area (Å²) in [6.07, 6.45) is 0.261. The molecule has 0 saturated heterocycles. The first kappa shape index (κ1) is 19.1. The Morgan fingerprint density at radius 3 is 2.38 bits per heavy atom. The van der Waals surface area contributed by atoms with Crippen molar-refractivity contribution in [2.24, 2.45) is 0 Å². The summed E-state index contributed by atoms with van der Waals surface area (Å²) in [5.41, 5.74) is 1.02. The van der Waals surface area contributed by atoms with Gasteiger partial charge in [0, 0.05) is 5.02 Å². The van der Waals surface area contributed by atoms with Gasteiger partial charge in [0.25, 0.3) is 0 Å². The molecule has 0 spiro atoms. The molecule has 0 fully saturated rings. The van der Waals surface area contributed by atoms with Gasteiger partial charge in [0.15, 0.2) is 14.1 Å². The molecule has 1 aromatic heterocycles. The molecule has 0 unspecified atom stereocenters. The predicted octanol–water partition coefficient (Wildman–Crippen LogP) is 4.52. The lowest BCUT2D eigenvalue weighted by molar-refractivity contribution is 0.170. The first-order chi connectivity index (χ1) is 11.1. The van der Waals surface area contributed by atoms with E-state index < -0.39 is 8.32 Å². The highest BCUT2D eigenvalue weighted by Gasteiger charge is 2.39. The smallest absolute Gasteiger partial charge is 0.229 e. The van der Waals surface area contributed by atoms with Crippen LogP contribution < -0.4 is 0 Å². The van der Waals surface area contributed by atoms with E-state index in [-0.39, 0.29) is 23.6 Å². The molecule has 1 heterocycles. The van der Waals surface area contributed by atoms with Gasteiger partial charge in [0.1, 0.15) is 6.61 Å². The molecular weight excluding hydrogens is 344 g/mol.